The molecule has 0 spiro atoms. The number of amides is 1. The first-order chi connectivity index (χ1) is 12.2. The number of aryl methyl sites for hydroxylation is 1. The average molecular weight is 439 g/mol. The maximum atomic E-state index is 12.2. The van der Waals surface area contributed by atoms with Crippen molar-refractivity contribution in [3.05, 3.63) is 69.2 Å². The quantitative estimate of drug-likeness (QED) is 0.545. The molecule has 1 amide bonds. The van der Waals surface area contributed by atoms with E-state index in [4.69, 9.17) is 16.3 Å². The Labute approximate surface area is 169 Å². The third-order valence-corrected chi connectivity index (χ3v) is 4.56. The van der Waals surface area contributed by atoms with Crippen LogP contribution in [0.5, 0.6) is 0 Å². The minimum Gasteiger partial charge on any atom is -0.444 e. The fourth-order valence-electron chi connectivity index (χ4n) is 2.66. The molecule has 0 saturated carbocycles. The number of benzene rings is 2. The minimum absolute atomic E-state index is 0.102. The van der Waals surface area contributed by atoms with Crippen LogP contribution in [-0.2, 0) is 11.2 Å². The lowest BCUT2D eigenvalue weighted by Crippen LogP contribution is -2.35. The molecule has 2 rings (SSSR count). The van der Waals surface area contributed by atoms with Crippen LogP contribution < -0.4 is 5.32 Å². The van der Waals surface area contributed by atoms with E-state index in [1.165, 1.54) is 5.56 Å². The zero-order valence-corrected chi connectivity index (χ0v) is 17.7. The smallest absolute Gasteiger partial charge is 0.408 e. The molecule has 3 nitrogen and oxygen atoms in total. The van der Waals surface area contributed by atoms with Gasteiger partial charge in [-0.25, -0.2) is 4.79 Å². The van der Waals surface area contributed by atoms with E-state index in [2.05, 4.69) is 21.2 Å². The van der Waals surface area contributed by atoms with Gasteiger partial charge in [0, 0.05) is 9.50 Å². The number of carbonyl (C=O) groups is 1. The zero-order valence-electron chi connectivity index (χ0n) is 15.4. The summed E-state index contributed by atoms with van der Waals surface area (Å²) in [5.74, 6) is 0. The molecular weight excluding hydrogens is 414 g/mol. The van der Waals surface area contributed by atoms with Crippen molar-refractivity contribution in [2.45, 2.75) is 51.7 Å². The van der Waals surface area contributed by atoms with E-state index < -0.39 is 11.7 Å². The number of halogens is 2. The van der Waals surface area contributed by atoms with Gasteiger partial charge in [0.1, 0.15) is 5.60 Å². The predicted octanol–water partition coefficient (Wildman–Crippen LogP) is 6.69. The SMILES string of the molecule is CC(C)(C)OC(=O)NC(CCCc1ccc(Cl)cc1)c1cccc(Br)c1. The van der Waals surface area contributed by atoms with Crippen LogP contribution in [0.25, 0.3) is 0 Å². The summed E-state index contributed by atoms with van der Waals surface area (Å²) in [5.41, 5.74) is 1.77. The van der Waals surface area contributed by atoms with Crippen LogP contribution in [0.3, 0.4) is 0 Å². The number of nitrogens with one attached hydrogen (secondary N) is 1. The topological polar surface area (TPSA) is 38.3 Å². The summed E-state index contributed by atoms with van der Waals surface area (Å²) in [6, 6.07) is 15.8. The second kappa shape index (κ2) is 9.43. The maximum Gasteiger partial charge on any atom is 0.408 e. The molecule has 0 heterocycles. The van der Waals surface area contributed by atoms with Crippen LogP contribution in [0, 0.1) is 0 Å². The van der Waals surface area contributed by atoms with Gasteiger partial charge in [0.15, 0.2) is 0 Å². The lowest BCUT2D eigenvalue weighted by molar-refractivity contribution is 0.0500. The summed E-state index contributed by atoms with van der Waals surface area (Å²) in [7, 11) is 0. The van der Waals surface area contributed by atoms with E-state index in [0.717, 1.165) is 34.3 Å². The van der Waals surface area contributed by atoms with Gasteiger partial charge in [0.05, 0.1) is 6.04 Å². The van der Waals surface area contributed by atoms with Crippen molar-refractivity contribution in [3.8, 4) is 0 Å². The van der Waals surface area contributed by atoms with Gasteiger partial charge in [0.2, 0.25) is 0 Å². The molecule has 1 N–H and O–H groups in total. The average Bonchev–Trinajstić information content (AvgIpc) is 2.54. The van der Waals surface area contributed by atoms with Gasteiger partial charge in [0.25, 0.3) is 0 Å². The monoisotopic (exact) mass is 437 g/mol. The van der Waals surface area contributed by atoms with Gasteiger partial charge in [-0.05, 0) is 75.4 Å². The zero-order chi connectivity index (χ0) is 19.2. The maximum absolute atomic E-state index is 12.2. The second-order valence-corrected chi connectivity index (χ2v) is 8.62. The second-order valence-electron chi connectivity index (χ2n) is 7.27. The highest BCUT2D eigenvalue weighted by atomic mass is 79.9. The number of hydrogen-bond acceptors (Lipinski definition) is 2. The Balaban J connectivity index is 2.02. The molecule has 0 bridgehead atoms. The first kappa shape index (κ1) is 20.8. The molecule has 5 heteroatoms. The number of rotatable bonds is 6. The Morgan fingerprint density at radius 3 is 2.50 bits per heavy atom. The molecule has 2 aromatic carbocycles. The van der Waals surface area contributed by atoms with Crippen LogP contribution in [-0.4, -0.2) is 11.7 Å². The molecule has 0 saturated heterocycles. The molecule has 1 unspecified atom stereocenters. The Bertz CT molecular complexity index is 726. The number of carbonyl (C=O) groups excluding carboxylic acids is 1. The fraction of sp³-hybridized carbons (Fsp3) is 0.381. The van der Waals surface area contributed by atoms with Crippen molar-refractivity contribution in [2.24, 2.45) is 0 Å². The Morgan fingerprint density at radius 2 is 1.88 bits per heavy atom. The van der Waals surface area contributed by atoms with Gasteiger partial charge in [-0.2, -0.15) is 0 Å². The Hall–Kier alpha value is -1.52. The molecule has 2 aromatic rings. The van der Waals surface area contributed by atoms with E-state index in [1.54, 1.807) is 0 Å². The third-order valence-electron chi connectivity index (χ3n) is 3.81. The van der Waals surface area contributed by atoms with Crippen LogP contribution in [0.2, 0.25) is 5.02 Å². The van der Waals surface area contributed by atoms with Crippen LogP contribution in [0.4, 0.5) is 4.79 Å². The molecule has 0 aliphatic heterocycles. The molecule has 0 aliphatic rings. The van der Waals surface area contributed by atoms with Crippen molar-refractivity contribution in [1.82, 2.24) is 5.32 Å². The minimum atomic E-state index is -0.519. The molecule has 0 fully saturated rings. The fourth-order valence-corrected chi connectivity index (χ4v) is 3.20. The summed E-state index contributed by atoms with van der Waals surface area (Å²) in [4.78, 5) is 12.2. The van der Waals surface area contributed by atoms with E-state index >= 15 is 0 Å². The van der Waals surface area contributed by atoms with Crippen LogP contribution in [0.15, 0.2) is 53.0 Å². The number of ether oxygens (including phenoxy) is 1. The van der Waals surface area contributed by atoms with Gasteiger partial charge in [-0.1, -0.05) is 51.8 Å². The van der Waals surface area contributed by atoms with E-state index in [1.807, 2.05) is 69.3 Å². The number of alkyl carbamates (subject to hydrolysis) is 1. The molecule has 0 aliphatic carbocycles. The summed E-state index contributed by atoms with van der Waals surface area (Å²) >= 11 is 9.44. The Kier molecular flexibility index (Phi) is 7.54. The normalized spacial score (nSPS) is 12.5. The Morgan fingerprint density at radius 1 is 1.19 bits per heavy atom. The van der Waals surface area contributed by atoms with Crippen molar-refractivity contribution in [2.75, 3.05) is 0 Å². The molecule has 0 aromatic heterocycles. The van der Waals surface area contributed by atoms with Crippen molar-refractivity contribution >= 4 is 33.6 Å². The van der Waals surface area contributed by atoms with Gasteiger partial charge >= 0.3 is 6.09 Å². The standard InChI is InChI=1S/C21H25BrClNO2/c1-21(2,3)26-20(25)24-19(16-7-5-8-17(22)14-16)9-4-6-15-10-12-18(23)13-11-15/h5,7-8,10-14,19H,4,6,9H2,1-3H3,(H,24,25). The molecule has 1 atom stereocenters. The van der Waals surface area contributed by atoms with Crippen LogP contribution >= 0.6 is 27.5 Å². The first-order valence-corrected chi connectivity index (χ1v) is 9.89. The molecule has 140 valence electrons. The summed E-state index contributed by atoms with van der Waals surface area (Å²) in [6.45, 7) is 5.59. The summed E-state index contributed by atoms with van der Waals surface area (Å²) in [5, 5.41) is 3.75. The van der Waals surface area contributed by atoms with E-state index in [-0.39, 0.29) is 6.04 Å². The summed E-state index contributed by atoms with van der Waals surface area (Å²) in [6.07, 6.45) is 2.29. The summed E-state index contributed by atoms with van der Waals surface area (Å²) < 4.78 is 6.41. The van der Waals surface area contributed by atoms with E-state index in [9.17, 15) is 4.79 Å². The lowest BCUT2D eigenvalue weighted by Gasteiger charge is -2.24. The third kappa shape index (κ3) is 7.38. The van der Waals surface area contributed by atoms with Gasteiger partial charge in [-0.15, -0.1) is 0 Å². The van der Waals surface area contributed by atoms with Crippen molar-refractivity contribution in [1.29, 1.82) is 0 Å². The highest BCUT2D eigenvalue weighted by Gasteiger charge is 2.20. The lowest BCUT2D eigenvalue weighted by atomic mass is 9.99. The predicted molar refractivity (Wildman–Crippen MR) is 111 cm³/mol. The first-order valence-electron chi connectivity index (χ1n) is 8.72. The van der Waals surface area contributed by atoms with Crippen molar-refractivity contribution < 1.29 is 9.53 Å². The van der Waals surface area contributed by atoms with Crippen LogP contribution in [0.1, 0.15) is 50.8 Å². The highest BCUT2D eigenvalue weighted by Crippen LogP contribution is 2.24. The molecular formula is C21H25BrClNO2. The van der Waals surface area contributed by atoms with Crippen molar-refractivity contribution in [3.63, 3.8) is 0 Å². The highest BCUT2D eigenvalue weighted by molar-refractivity contribution is 9.10. The molecule has 0 radical (unpaired) electrons. The van der Waals surface area contributed by atoms with Gasteiger partial charge in [-0.3, -0.25) is 0 Å². The van der Waals surface area contributed by atoms with Gasteiger partial charge < -0.3 is 10.1 Å². The molecule has 26 heavy (non-hydrogen) atoms. The largest absolute Gasteiger partial charge is 0.444 e. The number of hydrogen-bond donors (Lipinski definition) is 1. The van der Waals surface area contributed by atoms with E-state index in [0.29, 0.717) is 0 Å².